The van der Waals surface area contributed by atoms with Gasteiger partial charge in [-0.05, 0) is 12.1 Å². The predicted molar refractivity (Wildman–Crippen MR) is 68.7 cm³/mol. The highest BCUT2D eigenvalue weighted by Crippen LogP contribution is 2.14. The van der Waals surface area contributed by atoms with E-state index in [0.29, 0.717) is 5.56 Å². The van der Waals surface area contributed by atoms with Crippen molar-refractivity contribution in [2.75, 3.05) is 6.61 Å². The van der Waals surface area contributed by atoms with E-state index in [-0.39, 0.29) is 23.9 Å². The summed E-state index contributed by atoms with van der Waals surface area (Å²) in [5.41, 5.74) is 0.308. The lowest BCUT2D eigenvalue weighted by Gasteiger charge is -2.06. The molecule has 7 nitrogen and oxygen atoms in total. The van der Waals surface area contributed by atoms with Gasteiger partial charge in [-0.15, -0.1) is 0 Å². The molecule has 20 heavy (non-hydrogen) atoms. The van der Waals surface area contributed by atoms with Gasteiger partial charge in [0.25, 0.3) is 0 Å². The first-order valence-corrected chi connectivity index (χ1v) is 7.05. The first kappa shape index (κ1) is 14.2. The van der Waals surface area contributed by atoms with Crippen LogP contribution in [0.3, 0.4) is 0 Å². The van der Waals surface area contributed by atoms with Crippen LogP contribution in [0.25, 0.3) is 0 Å². The van der Waals surface area contributed by atoms with E-state index in [2.05, 4.69) is 31.2 Å². The lowest BCUT2D eigenvalue weighted by atomic mass is 10.2. The van der Waals surface area contributed by atoms with Gasteiger partial charge in [0, 0.05) is 5.56 Å². The summed E-state index contributed by atoms with van der Waals surface area (Å²) < 4.78 is 31.2. The van der Waals surface area contributed by atoms with Gasteiger partial charge < -0.3 is 9.63 Å². The van der Waals surface area contributed by atoms with E-state index in [0.717, 1.165) is 6.39 Å². The topological polar surface area (TPSA) is 105 Å². The zero-order valence-electron chi connectivity index (χ0n) is 10.3. The van der Waals surface area contributed by atoms with Gasteiger partial charge in [-0.3, -0.25) is 0 Å². The van der Waals surface area contributed by atoms with Crippen LogP contribution in [0.5, 0.6) is 0 Å². The van der Waals surface area contributed by atoms with Crippen molar-refractivity contribution in [3.63, 3.8) is 0 Å². The predicted octanol–water partition coefficient (Wildman–Crippen LogP) is -0.108. The highest BCUT2D eigenvalue weighted by Gasteiger charge is 2.17. The number of nitrogens with zero attached hydrogens (tertiary/aromatic N) is 2. The second-order valence-corrected chi connectivity index (χ2v) is 5.36. The molecule has 0 saturated carbocycles. The van der Waals surface area contributed by atoms with Crippen LogP contribution in [0.15, 0.2) is 40.1 Å². The van der Waals surface area contributed by atoms with E-state index in [9.17, 15) is 8.42 Å². The van der Waals surface area contributed by atoms with Crippen molar-refractivity contribution in [1.82, 2.24) is 14.9 Å². The van der Waals surface area contributed by atoms with Crippen molar-refractivity contribution < 1.29 is 18.0 Å². The van der Waals surface area contributed by atoms with E-state index >= 15 is 0 Å². The molecular formula is C12H11N3O4S. The van der Waals surface area contributed by atoms with Crippen molar-refractivity contribution >= 4 is 10.0 Å². The molecule has 0 aliphatic heterocycles. The smallest absolute Gasteiger partial charge is 0.242 e. The van der Waals surface area contributed by atoms with Crippen LogP contribution < -0.4 is 4.72 Å². The summed E-state index contributed by atoms with van der Waals surface area (Å²) >= 11 is 0. The lowest BCUT2D eigenvalue weighted by molar-refractivity contribution is 0.350. The van der Waals surface area contributed by atoms with Gasteiger partial charge in [-0.2, -0.15) is 4.98 Å². The molecule has 2 rings (SSSR count). The Hall–Kier alpha value is -2.21. The second kappa shape index (κ2) is 6.29. The largest absolute Gasteiger partial charge is 0.384 e. The van der Waals surface area contributed by atoms with Crippen molar-refractivity contribution in [3.8, 4) is 11.8 Å². The van der Waals surface area contributed by atoms with Gasteiger partial charge in [0.2, 0.25) is 16.4 Å². The number of rotatable bonds is 4. The Kier molecular flexibility index (Phi) is 4.47. The third kappa shape index (κ3) is 3.42. The van der Waals surface area contributed by atoms with Gasteiger partial charge >= 0.3 is 0 Å². The Morgan fingerprint density at radius 1 is 1.35 bits per heavy atom. The van der Waals surface area contributed by atoms with Crippen LogP contribution in [0.1, 0.15) is 11.4 Å². The molecule has 8 heteroatoms. The minimum absolute atomic E-state index is 0.0319. The molecule has 2 N–H and O–H groups in total. The molecule has 0 amide bonds. The first-order chi connectivity index (χ1) is 9.63. The molecule has 0 aliphatic carbocycles. The Bertz CT molecular complexity index is 730. The maximum atomic E-state index is 12.2. The minimum Gasteiger partial charge on any atom is -0.384 e. The number of hydrogen-bond acceptors (Lipinski definition) is 6. The number of aromatic nitrogens is 2. The number of sulfonamides is 1. The molecule has 0 aliphatic rings. The molecule has 0 atom stereocenters. The molecule has 0 unspecified atom stereocenters. The molecule has 0 bridgehead atoms. The molecule has 0 spiro atoms. The zero-order valence-corrected chi connectivity index (χ0v) is 11.1. The van der Waals surface area contributed by atoms with Crippen LogP contribution in [0.2, 0.25) is 0 Å². The first-order valence-electron chi connectivity index (χ1n) is 5.57. The third-order valence-corrected chi connectivity index (χ3v) is 3.77. The second-order valence-electron chi connectivity index (χ2n) is 3.63. The van der Waals surface area contributed by atoms with Crippen LogP contribution in [0.4, 0.5) is 0 Å². The number of aliphatic hydroxyl groups is 1. The fraction of sp³-hybridized carbons (Fsp3) is 0.167. The number of hydrogen-bond donors (Lipinski definition) is 2. The number of benzene rings is 1. The van der Waals surface area contributed by atoms with E-state index < -0.39 is 10.0 Å². The summed E-state index contributed by atoms with van der Waals surface area (Å²) in [6.07, 6.45) is 1.12. The normalized spacial score (nSPS) is 10.8. The van der Waals surface area contributed by atoms with Crippen LogP contribution in [-0.4, -0.2) is 30.3 Å². The zero-order chi connectivity index (χ0) is 14.4. The van der Waals surface area contributed by atoms with E-state index in [1.165, 1.54) is 6.07 Å². The van der Waals surface area contributed by atoms with Gasteiger partial charge in [0.05, 0.1) is 11.4 Å². The number of aliphatic hydroxyl groups excluding tert-OH is 1. The fourth-order valence-corrected chi connectivity index (χ4v) is 2.59. The maximum absolute atomic E-state index is 12.2. The molecule has 1 aromatic heterocycles. The SMILES string of the molecule is O=S(=O)(NCc1ncon1)c1ccccc1C#CCO. The fourth-order valence-electron chi connectivity index (χ4n) is 1.45. The van der Waals surface area contributed by atoms with Gasteiger partial charge in [-0.25, -0.2) is 13.1 Å². The van der Waals surface area contributed by atoms with Gasteiger partial charge in [0.1, 0.15) is 6.61 Å². The molecular weight excluding hydrogens is 282 g/mol. The van der Waals surface area contributed by atoms with E-state index in [1.807, 2.05) is 0 Å². The Morgan fingerprint density at radius 2 is 2.15 bits per heavy atom. The summed E-state index contributed by atoms with van der Waals surface area (Å²) in [6, 6.07) is 6.25. The summed E-state index contributed by atoms with van der Waals surface area (Å²) in [5.74, 6) is 5.24. The maximum Gasteiger partial charge on any atom is 0.242 e. The van der Waals surface area contributed by atoms with Crippen molar-refractivity contribution in [2.24, 2.45) is 0 Å². The monoisotopic (exact) mass is 293 g/mol. The molecule has 1 heterocycles. The lowest BCUT2D eigenvalue weighted by Crippen LogP contribution is -2.24. The van der Waals surface area contributed by atoms with Crippen LogP contribution in [-0.2, 0) is 16.6 Å². The molecule has 0 saturated heterocycles. The van der Waals surface area contributed by atoms with Gasteiger partial charge in [0.15, 0.2) is 5.82 Å². The number of nitrogens with one attached hydrogen (secondary N) is 1. The Morgan fingerprint density at radius 3 is 2.85 bits per heavy atom. The van der Waals surface area contributed by atoms with Crippen LogP contribution >= 0.6 is 0 Å². The highest BCUT2D eigenvalue weighted by molar-refractivity contribution is 7.89. The van der Waals surface area contributed by atoms with E-state index in [4.69, 9.17) is 5.11 Å². The third-order valence-electron chi connectivity index (χ3n) is 2.31. The van der Waals surface area contributed by atoms with Crippen molar-refractivity contribution in [2.45, 2.75) is 11.4 Å². The Balaban J connectivity index is 2.25. The summed E-state index contributed by atoms with van der Waals surface area (Å²) in [4.78, 5) is 3.75. The average molecular weight is 293 g/mol. The highest BCUT2D eigenvalue weighted by atomic mass is 32.2. The van der Waals surface area contributed by atoms with E-state index in [1.54, 1.807) is 18.2 Å². The molecule has 104 valence electrons. The molecule has 1 aromatic carbocycles. The van der Waals surface area contributed by atoms with Crippen LogP contribution in [0, 0.1) is 11.8 Å². The average Bonchev–Trinajstić information content (AvgIpc) is 2.97. The standard InChI is InChI=1S/C12H11N3O4S/c16-7-3-5-10-4-1-2-6-11(10)20(17,18)14-8-12-13-9-19-15-12/h1-2,4,6,9,14,16H,7-8H2. The quantitative estimate of drug-likeness (QED) is 0.762. The van der Waals surface area contributed by atoms with Crippen molar-refractivity contribution in [3.05, 3.63) is 42.0 Å². The minimum atomic E-state index is -3.75. The summed E-state index contributed by atoms with van der Waals surface area (Å²) in [5, 5.41) is 12.2. The molecule has 0 radical (unpaired) electrons. The van der Waals surface area contributed by atoms with Gasteiger partial charge in [-0.1, -0.05) is 29.1 Å². The summed E-state index contributed by atoms with van der Waals surface area (Å²) in [6.45, 7) is -0.425. The van der Waals surface area contributed by atoms with Crippen molar-refractivity contribution in [1.29, 1.82) is 0 Å². The Labute approximate surface area is 115 Å². The molecule has 2 aromatic rings. The summed E-state index contributed by atoms with van der Waals surface area (Å²) in [7, 11) is -3.75. The molecule has 0 fully saturated rings.